The van der Waals surface area contributed by atoms with Crippen LogP contribution in [-0.2, 0) is 9.59 Å². The summed E-state index contributed by atoms with van der Waals surface area (Å²) in [6.45, 7) is 2.18. The summed E-state index contributed by atoms with van der Waals surface area (Å²) >= 11 is 6.02. The molecular formula is C17H24ClN3O2. The minimum atomic E-state index is -0.143. The zero-order valence-corrected chi connectivity index (χ0v) is 14.2. The van der Waals surface area contributed by atoms with E-state index in [4.69, 9.17) is 17.3 Å². The molecule has 0 aromatic heterocycles. The number of hydrogen-bond donors (Lipinski definition) is 3. The minimum Gasteiger partial charge on any atom is -0.355 e. The minimum absolute atomic E-state index is 0.00638. The Morgan fingerprint density at radius 2 is 2.13 bits per heavy atom. The number of rotatable bonds is 5. The average Bonchev–Trinajstić information content (AvgIpc) is 2.52. The fraction of sp³-hybridized carbons (Fsp3) is 0.529. The van der Waals surface area contributed by atoms with Crippen molar-refractivity contribution < 1.29 is 9.59 Å². The van der Waals surface area contributed by atoms with Gasteiger partial charge in [-0.05, 0) is 43.9 Å². The van der Waals surface area contributed by atoms with Crippen molar-refractivity contribution in [2.24, 2.45) is 11.7 Å². The second kappa shape index (κ2) is 8.31. The van der Waals surface area contributed by atoms with Gasteiger partial charge in [-0.2, -0.15) is 0 Å². The van der Waals surface area contributed by atoms with E-state index in [1.807, 2.05) is 6.92 Å². The summed E-state index contributed by atoms with van der Waals surface area (Å²) in [5.41, 5.74) is 7.43. The summed E-state index contributed by atoms with van der Waals surface area (Å²) in [4.78, 5) is 24.0. The lowest BCUT2D eigenvalue weighted by Crippen LogP contribution is -2.38. The quantitative estimate of drug-likeness (QED) is 0.772. The molecule has 0 saturated heterocycles. The van der Waals surface area contributed by atoms with Gasteiger partial charge < -0.3 is 16.4 Å². The van der Waals surface area contributed by atoms with E-state index in [-0.39, 0.29) is 30.2 Å². The van der Waals surface area contributed by atoms with Crippen LogP contribution in [0.1, 0.15) is 37.7 Å². The van der Waals surface area contributed by atoms with Gasteiger partial charge in [-0.3, -0.25) is 9.59 Å². The van der Waals surface area contributed by atoms with Gasteiger partial charge in [-0.15, -0.1) is 0 Å². The predicted molar refractivity (Wildman–Crippen MR) is 92.4 cm³/mol. The lowest BCUT2D eigenvalue weighted by Gasteiger charge is -2.25. The highest BCUT2D eigenvalue weighted by molar-refractivity contribution is 6.31. The first-order chi connectivity index (χ1) is 11.0. The van der Waals surface area contributed by atoms with E-state index in [0.29, 0.717) is 17.3 Å². The third-order valence-corrected chi connectivity index (χ3v) is 4.69. The SMILES string of the molecule is Cc1c(Cl)cccc1NC(=O)CCNC(=O)C1CCCC(N)C1. The predicted octanol–water partition coefficient (Wildman–Crippen LogP) is 2.61. The Morgan fingerprint density at radius 1 is 1.35 bits per heavy atom. The van der Waals surface area contributed by atoms with E-state index >= 15 is 0 Å². The van der Waals surface area contributed by atoms with Gasteiger partial charge in [0.1, 0.15) is 0 Å². The Bertz CT molecular complexity index is 577. The van der Waals surface area contributed by atoms with Crippen molar-refractivity contribution in [1.29, 1.82) is 0 Å². The molecule has 1 aromatic rings. The van der Waals surface area contributed by atoms with Crippen LogP contribution in [0.5, 0.6) is 0 Å². The summed E-state index contributed by atoms with van der Waals surface area (Å²) < 4.78 is 0. The summed E-state index contributed by atoms with van der Waals surface area (Å²) in [6, 6.07) is 5.50. The van der Waals surface area contributed by atoms with E-state index in [2.05, 4.69) is 10.6 Å². The molecule has 4 N–H and O–H groups in total. The zero-order chi connectivity index (χ0) is 16.8. The molecule has 1 aromatic carbocycles. The van der Waals surface area contributed by atoms with E-state index in [9.17, 15) is 9.59 Å². The van der Waals surface area contributed by atoms with Crippen LogP contribution in [0.25, 0.3) is 0 Å². The van der Waals surface area contributed by atoms with Crippen molar-refractivity contribution >= 4 is 29.1 Å². The van der Waals surface area contributed by atoms with Crippen LogP contribution in [0, 0.1) is 12.8 Å². The molecule has 1 aliphatic rings. The van der Waals surface area contributed by atoms with Gasteiger partial charge in [-0.1, -0.05) is 24.1 Å². The highest BCUT2D eigenvalue weighted by atomic mass is 35.5. The fourth-order valence-electron chi connectivity index (χ4n) is 2.86. The first kappa shape index (κ1) is 17.8. The summed E-state index contributed by atoms with van der Waals surface area (Å²) in [6.07, 6.45) is 3.84. The molecule has 0 spiro atoms. The molecule has 23 heavy (non-hydrogen) atoms. The maximum absolute atomic E-state index is 12.1. The zero-order valence-electron chi connectivity index (χ0n) is 13.4. The van der Waals surface area contributed by atoms with Gasteiger partial charge in [0.25, 0.3) is 0 Å². The molecule has 1 aliphatic carbocycles. The smallest absolute Gasteiger partial charge is 0.226 e. The van der Waals surface area contributed by atoms with Crippen molar-refractivity contribution in [3.8, 4) is 0 Å². The third-order valence-electron chi connectivity index (χ3n) is 4.28. The number of nitrogens with one attached hydrogen (secondary N) is 2. The van der Waals surface area contributed by atoms with Crippen LogP contribution in [0.3, 0.4) is 0 Å². The maximum atomic E-state index is 12.1. The molecule has 0 aliphatic heterocycles. The molecule has 5 nitrogen and oxygen atoms in total. The maximum Gasteiger partial charge on any atom is 0.226 e. The Hall–Kier alpha value is -1.59. The summed E-state index contributed by atoms with van der Waals surface area (Å²) in [5.74, 6) is -0.153. The molecule has 2 amide bonds. The van der Waals surface area contributed by atoms with Gasteiger partial charge >= 0.3 is 0 Å². The molecule has 0 bridgehead atoms. The number of hydrogen-bond acceptors (Lipinski definition) is 3. The topological polar surface area (TPSA) is 84.2 Å². The Balaban J connectivity index is 1.74. The first-order valence-electron chi connectivity index (χ1n) is 8.05. The molecule has 126 valence electrons. The molecule has 1 saturated carbocycles. The Morgan fingerprint density at radius 3 is 2.87 bits per heavy atom. The van der Waals surface area contributed by atoms with Gasteiger partial charge in [0.15, 0.2) is 0 Å². The highest BCUT2D eigenvalue weighted by Crippen LogP contribution is 2.24. The van der Waals surface area contributed by atoms with Gasteiger partial charge in [0, 0.05) is 35.6 Å². The summed E-state index contributed by atoms with van der Waals surface area (Å²) in [7, 11) is 0. The normalized spacial score (nSPS) is 20.8. The molecule has 2 rings (SSSR count). The first-order valence-corrected chi connectivity index (χ1v) is 8.43. The number of carbonyl (C=O) groups excluding carboxylic acids is 2. The van der Waals surface area contributed by atoms with Crippen LogP contribution in [-0.4, -0.2) is 24.4 Å². The van der Waals surface area contributed by atoms with Crippen LogP contribution in [0.4, 0.5) is 5.69 Å². The Kier molecular flexibility index (Phi) is 6.42. The number of amides is 2. The van der Waals surface area contributed by atoms with E-state index in [0.717, 1.165) is 31.2 Å². The lowest BCUT2D eigenvalue weighted by atomic mass is 9.85. The van der Waals surface area contributed by atoms with E-state index in [1.54, 1.807) is 18.2 Å². The van der Waals surface area contributed by atoms with Crippen molar-refractivity contribution in [2.75, 3.05) is 11.9 Å². The molecule has 6 heteroatoms. The van der Waals surface area contributed by atoms with Crippen molar-refractivity contribution in [3.05, 3.63) is 28.8 Å². The highest BCUT2D eigenvalue weighted by Gasteiger charge is 2.25. The second-order valence-corrected chi connectivity index (χ2v) is 6.53. The second-order valence-electron chi connectivity index (χ2n) is 6.13. The van der Waals surface area contributed by atoms with Crippen LogP contribution < -0.4 is 16.4 Å². The third kappa shape index (κ3) is 5.22. The Labute approximate surface area is 142 Å². The molecule has 2 atom stereocenters. The standard InChI is InChI=1S/C17H24ClN3O2/c1-11-14(18)6-3-7-15(11)21-16(22)8-9-20-17(23)12-4-2-5-13(19)10-12/h3,6-7,12-13H,2,4-5,8-10,19H2,1H3,(H,20,23)(H,21,22). The van der Waals surface area contributed by atoms with Crippen molar-refractivity contribution in [2.45, 2.75) is 45.1 Å². The van der Waals surface area contributed by atoms with Gasteiger partial charge in [-0.25, -0.2) is 0 Å². The monoisotopic (exact) mass is 337 g/mol. The van der Waals surface area contributed by atoms with Crippen molar-refractivity contribution in [1.82, 2.24) is 5.32 Å². The van der Waals surface area contributed by atoms with Crippen molar-refractivity contribution in [3.63, 3.8) is 0 Å². The summed E-state index contributed by atoms with van der Waals surface area (Å²) in [5, 5.41) is 6.27. The van der Waals surface area contributed by atoms with Gasteiger partial charge in [0.2, 0.25) is 11.8 Å². The molecule has 0 radical (unpaired) electrons. The number of halogens is 1. The van der Waals surface area contributed by atoms with Gasteiger partial charge in [0.05, 0.1) is 0 Å². The number of benzene rings is 1. The van der Waals surface area contributed by atoms with E-state index < -0.39 is 0 Å². The van der Waals surface area contributed by atoms with Crippen LogP contribution in [0.15, 0.2) is 18.2 Å². The van der Waals surface area contributed by atoms with Crippen LogP contribution in [0.2, 0.25) is 5.02 Å². The number of carbonyl (C=O) groups is 2. The van der Waals surface area contributed by atoms with Crippen LogP contribution >= 0.6 is 11.6 Å². The molecule has 1 fully saturated rings. The largest absolute Gasteiger partial charge is 0.355 e. The molecular weight excluding hydrogens is 314 g/mol. The average molecular weight is 338 g/mol. The number of anilines is 1. The van der Waals surface area contributed by atoms with E-state index in [1.165, 1.54) is 0 Å². The molecule has 2 unspecified atom stereocenters. The lowest BCUT2D eigenvalue weighted by molar-refractivity contribution is -0.126. The number of nitrogens with two attached hydrogens (primary N) is 1. The fourth-order valence-corrected chi connectivity index (χ4v) is 3.04. The molecule has 0 heterocycles.